The van der Waals surface area contributed by atoms with Gasteiger partial charge in [-0.05, 0) is 37.1 Å². The summed E-state index contributed by atoms with van der Waals surface area (Å²) >= 11 is 1.58. The van der Waals surface area contributed by atoms with Crippen molar-refractivity contribution in [3.63, 3.8) is 0 Å². The number of aryl methyl sites for hydroxylation is 2. The van der Waals surface area contributed by atoms with E-state index >= 15 is 0 Å². The van der Waals surface area contributed by atoms with Gasteiger partial charge in [-0.2, -0.15) is 0 Å². The fourth-order valence-corrected chi connectivity index (χ4v) is 3.21. The van der Waals surface area contributed by atoms with Gasteiger partial charge in [0.25, 0.3) is 0 Å². The van der Waals surface area contributed by atoms with Crippen LogP contribution in [-0.2, 0) is 5.54 Å². The largest absolute Gasteiger partial charge is 0.394 e. The standard InChI is InChI=1S/C16H20N2OS/c1-12-8-13(2)18-15(9-12)20-11-16(17,10-19)14-6-4-3-5-7-14/h3-9,19H,10-11,17H2,1-2H3. The maximum Gasteiger partial charge on any atom is 0.0966 e. The summed E-state index contributed by atoms with van der Waals surface area (Å²) in [4.78, 5) is 4.49. The quantitative estimate of drug-likeness (QED) is 0.830. The van der Waals surface area contributed by atoms with E-state index in [-0.39, 0.29) is 6.61 Å². The smallest absolute Gasteiger partial charge is 0.0966 e. The molecule has 2 rings (SSSR count). The predicted octanol–water partition coefficient (Wildman–Crippen LogP) is 2.64. The molecule has 0 fully saturated rings. The third-order valence-electron chi connectivity index (χ3n) is 3.18. The zero-order valence-corrected chi connectivity index (χ0v) is 12.7. The van der Waals surface area contributed by atoms with Crippen molar-refractivity contribution in [2.24, 2.45) is 5.73 Å². The molecule has 106 valence electrons. The molecule has 0 aliphatic carbocycles. The highest BCUT2D eigenvalue weighted by molar-refractivity contribution is 7.99. The van der Waals surface area contributed by atoms with Crippen molar-refractivity contribution in [2.75, 3.05) is 12.4 Å². The van der Waals surface area contributed by atoms with Crippen molar-refractivity contribution in [2.45, 2.75) is 24.4 Å². The van der Waals surface area contributed by atoms with Crippen molar-refractivity contribution in [1.82, 2.24) is 4.98 Å². The number of rotatable bonds is 5. The van der Waals surface area contributed by atoms with Gasteiger partial charge in [-0.25, -0.2) is 4.98 Å². The van der Waals surface area contributed by atoms with Crippen molar-refractivity contribution in [3.8, 4) is 0 Å². The van der Waals surface area contributed by atoms with Gasteiger partial charge in [0.2, 0.25) is 0 Å². The predicted molar refractivity (Wildman–Crippen MR) is 83.8 cm³/mol. The fraction of sp³-hybridized carbons (Fsp3) is 0.312. The Hall–Kier alpha value is -1.36. The number of aromatic nitrogens is 1. The molecule has 0 saturated carbocycles. The van der Waals surface area contributed by atoms with E-state index in [0.717, 1.165) is 16.3 Å². The van der Waals surface area contributed by atoms with Crippen LogP contribution < -0.4 is 5.73 Å². The van der Waals surface area contributed by atoms with E-state index < -0.39 is 5.54 Å². The average molecular weight is 288 g/mol. The Balaban J connectivity index is 2.15. The molecule has 0 aliphatic heterocycles. The van der Waals surface area contributed by atoms with Gasteiger partial charge in [0.15, 0.2) is 0 Å². The lowest BCUT2D eigenvalue weighted by molar-refractivity contribution is 0.213. The lowest BCUT2D eigenvalue weighted by Gasteiger charge is -2.27. The van der Waals surface area contributed by atoms with Crippen LogP contribution in [0.3, 0.4) is 0 Å². The number of hydrogen-bond donors (Lipinski definition) is 2. The van der Waals surface area contributed by atoms with E-state index in [9.17, 15) is 5.11 Å². The molecule has 2 aromatic rings. The summed E-state index contributed by atoms with van der Waals surface area (Å²) in [5.74, 6) is 0.587. The van der Waals surface area contributed by atoms with Crippen molar-refractivity contribution in [1.29, 1.82) is 0 Å². The zero-order valence-electron chi connectivity index (χ0n) is 11.8. The Bertz CT molecular complexity index is 554. The van der Waals surface area contributed by atoms with Gasteiger partial charge in [0.05, 0.1) is 17.2 Å². The molecule has 0 radical (unpaired) electrons. The van der Waals surface area contributed by atoms with E-state index in [1.54, 1.807) is 11.8 Å². The van der Waals surface area contributed by atoms with Crippen LogP contribution in [0, 0.1) is 13.8 Å². The molecule has 1 aromatic heterocycles. The third kappa shape index (κ3) is 3.60. The van der Waals surface area contributed by atoms with Crippen molar-refractivity contribution < 1.29 is 5.11 Å². The molecule has 1 heterocycles. The molecule has 1 atom stereocenters. The van der Waals surface area contributed by atoms with E-state index in [2.05, 4.69) is 11.9 Å². The summed E-state index contributed by atoms with van der Waals surface area (Å²) in [5, 5.41) is 10.6. The first-order valence-corrected chi connectivity index (χ1v) is 7.55. The van der Waals surface area contributed by atoms with Gasteiger partial charge in [-0.15, -0.1) is 11.8 Å². The highest BCUT2D eigenvalue weighted by Crippen LogP contribution is 2.27. The highest BCUT2D eigenvalue weighted by atomic mass is 32.2. The number of thioether (sulfide) groups is 1. The Morgan fingerprint density at radius 1 is 1.20 bits per heavy atom. The molecule has 20 heavy (non-hydrogen) atoms. The van der Waals surface area contributed by atoms with E-state index in [1.807, 2.05) is 49.4 Å². The maximum atomic E-state index is 9.67. The fourth-order valence-electron chi connectivity index (χ4n) is 2.07. The number of nitrogens with zero attached hydrogens (tertiary/aromatic N) is 1. The van der Waals surface area contributed by atoms with Gasteiger partial charge < -0.3 is 10.8 Å². The highest BCUT2D eigenvalue weighted by Gasteiger charge is 2.26. The average Bonchev–Trinajstić information content (AvgIpc) is 2.45. The summed E-state index contributed by atoms with van der Waals surface area (Å²) in [7, 11) is 0. The molecule has 0 aliphatic rings. The van der Waals surface area contributed by atoms with Crippen LogP contribution in [0.25, 0.3) is 0 Å². The second kappa shape index (κ2) is 6.39. The minimum Gasteiger partial charge on any atom is -0.394 e. The van der Waals surface area contributed by atoms with E-state index in [0.29, 0.717) is 5.75 Å². The van der Waals surface area contributed by atoms with Gasteiger partial charge in [0.1, 0.15) is 0 Å². The van der Waals surface area contributed by atoms with Crippen LogP contribution in [0.15, 0.2) is 47.5 Å². The SMILES string of the molecule is Cc1cc(C)nc(SCC(N)(CO)c2ccccc2)c1. The summed E-state index contributed by atoms with van der Waals surface area (Å²) in [6.45, 7) is 3.95. The first-order chi connectivity index (χ1) is 9.53. The van der Waals surface area contributed by atoms with E-state index in [1.165, 1.54) is 5.56 Å². The molecule has 3 N–H and O–H groups in total. The molecule has 1 unspecified atom stereocenters. The Morgan fingerprint density at radius 3 is 2.50 bits per heavy atom. The summed E-state index contributed by atoms with van der Waals surface area (Å²) < 4.78 is 0. The molecule has 1 aromatic carbocycles. The normalized spacial score (nSPS) is 14.0. The van der Waals surface area contributed by atoms with Gasteiger partial charge in [-0.3, -0.25) is 0 Å². The zero-order chi connectivity index (χ0) is 14.6. The van der Waals surface area contributed by atoms with Crippen molar-refractivity contribution in [3.05, 3.63) is 59.3 Å². The Morgan fingerprint density at radius 2 is 1.90 bits per heavy atom. The molecular formula is C16H20N2OS. The van der Waals surface area contributed by atoms with Crippen molar-refractivity contribution >= 4 is 11.8 Å². The first kappa shape index (κ1) is 15.0. The van der Waals surface area contributed by atoms with Gasteiger partial charge in [-0.1, -0.05) is 30.3 Å². The number of nitrogens with two attached hydrogens (primary N) is 1. The lowest BCUT2D eigenvalue weighted by atomic mass is 9.94. The second-order valence-electron chi connectivity index (χ2n) is 5.09. The third-order valence-corrected chi connectivity index (χ3v) is 4.35. The van der Waals surface area contributed by atoms with Crippen LogP contribution in [0.1, 0.15) is 16.8 Å². The van der Waals surface area contributed by atoms with Crippen LogP contribution in [0.5, 0.6) is 0 Å². The summed E-state index contributed by atoms with van der Waals surface area (Å²) in [6.07, 6.45) is 0. The Labute approximate surface area is 124 Å². The van der Waals surface area contributed by atoms with Crippen LogP contribution in [-0.4, -0.2) is 22.5 Å². The van der Waals surface area contributed by atoms with Crippen LogP contribution in [0.4, 0.5) is 0 Å². The lowest BCUT2D eigenvalue weighted by Crippen LogP contribution is -2.43. The van der Waals surface area contributed by atoms with Crippen LogP contribution in [0.2, 0.25) is 0 Å². The van der Waals surface area contributed by atoms with Gasteiger partial charge >= 0.3 is 0 Å². The number of hydrogen-bond acceptors (Lipinski definition) is 4. The number of pyridine rings is 1. The van der Waals surface area contributed by atoms with E-state index in [4.69, 9.17) is 5.73 Å². The van der Waals surface area contributed by atoms with Crippen LogP contribution >= 0.6 is 11.8 Å². The van der Waals surface area contributed by atoms with Gasteiger partial charge in [0, 0.05) is 11.4 Å². The molecule has 3 nitrogen and oxygen atoms in total. The molecule has 0 spiro atoms. The first-order valence-electron chi connectivity index (χ1n) is 6.57. The summed E-state index contributed by atoms with van der Waals surface area (Å²) in [5.41, 5.74) is 8.73. The molecule has 0 bridgehead atoms. The maximum absolute atomic E-state index is 9.67. The molecule has 0 amide bonds. The number of aliphatic hydroxyl groups is 1. The molecular weight excluding hydrogens is 268 g/mol. The molecule has 0 saturated heterocycles. The number of benzene rings is 1. The minimum atomic E-state index is -0.745. The monoisotopic (exact) mass is 288 g/mol. The Kier molecular flexibility index (Phi) is 4.81. The topological polar surface area (TPSA) is 59.1 Å². The number of aliphatic hydroxyl groups excluding tert-OH is 1. The molecule has 4 heteroatoms. The second-order valence-corrected chi connectivity index (χ2v) is 6.09. The minimum absolute atomic E-state index is 0.0885. The summed E-state index contributed by atoms with van der Waals surface area (Å²) in [6, 6.07) is 13.8.